The molecule has 14 heavy (non-hydrogen) atoms. The molecule has 0 aromatic carbocycles. The van der Waals surface area contributed by atoms with Gasteiger partial charge in [0.2, 0.25) is 0 Å². The summed E-state index contributed by atoms with van der Waals surface area (Å²) in [6.45, 7) is 4.35. The number of methoxy groups -OCH3 is 1. The van der Waals surface area contributed by atoms with Gasteiger partial charge in [-0.25, -0.2) is 4.58 Å². The first-order valence-electron chi connectivity index (χ1n) is 4.53. The number of hydrogen-bond donors (Lipinski definition) is 0. The van der Waals surface area contributed by atoms with Crippen LogP contribution in [-0.4, -0.2) is 43.3 Å². The second-order valence-electron chi connectivity index (χ2n) is 3.82. The smallest absolute Gasteiger partial charge is 0.377 e. The fraction of sp³-hybridized carbons (Fsp3) is 0.889. The first kappa shape index (κ1) is 11.5. The molecule has 1 aliphatic heterocycles. The normalized spacial score (nSPS) is 28.4. The average Bonchev–Trinajstić information content (AvgIpc) is 2.30. The van der Waals surface area contributed by atoms with Crippen molar-refractivity contribution in [3.05, 3.63) is 0 Å². The number of alkyl halides is 3. The van der Waals surface area contributed by atoms with Gasteiger partial charge < -0.3 is 4.74 Å². The van der Waals surface area contributed by atoms with Gasteiger partial charge in [0.25, 0.3) is 0 Å². The minimum atomic E-state index is -4.15. The highest BCUT2D eigenvalue weighted by Gasteiger charge is 2.52. The zero-order chi connectivity index (χ0) is 10.8. The van der Waals surface area contributed by atoms with E-state index in [1.165, 1.54) is 11.7 Å². The van der Waals surface area contributed by atoms with Crippen molar-refractivity contribution < 1.29 is 22.5 Å². The van der Waals surface area contributed by atoms with E-state index in [4.69, 9.17) is 4.74 Å². The lowest BCUT2D eigenvalue weighted by Crippen LogP contribution is -2.44. The molecule has 0 N–H and O–H groups in total. The van der Waals surface area contributed by atoms with E-state index in [1.807, 2.05) is 0 Å². The number of halogens is 3. The van der Waals surface area contributed by atoms with Crippen molar-refractivity contribution >= 4 is 6.72 Å². The minimum absolute atomic E-state index is 0.0933. The Balaban J connectivity index is 2.77. The van der Waals surface area contributed by atoms with E-state index in [1.54, 1.807) is 0 Å². The van der Waals surface area contributed by atoms with Crippen LogP contribution in [0.3, 0.4) is 0 Å². The summed E-state index contributed by atoms with van der Waals surface area (Å²) in [4.78, 5) is 0. The van der Waals surface area contributed by atoms with Gasteiger partial charge in [0.15, 0.2) is 5.54 Å². The summed E-state index contributed by atoms with van der Waals surface area (Å²) >= 11 is 0. The largest absolute Gasteiger partial charge is 0.395 e. The van der Waals surface area contributed by atoms with Crippen molar-refractivity contribution in [3.8, 4) is 0 Å². The molecule has 82 valence electrons. The summed E-state index contributed by atoms with van der Waals surface area (Å²) in [7, 11) is 1.42. The molecule has 0 saturated carbocycles. The first-order chi connectivity index (χ1) is 6.40. The maximum atomic E-state index is 12.3. The fourth-order valence-electron chi connectivity index (χ4n) is 2.05. The highest BCUT2D eigenvalue weighted by atomic mass is 19.4. The van der Waals surface area contributed by atoms with Crippen molar-refractivity contribution in [2.24, 2.45) is 0 Å². The van der Waals surface area contributed by atoms with Crippen LogP contribution in [-0.2, 0) is 4.74 Å². The topological polar surface area (TPSA) is 12.2 Å². The first-order valence-corrected chi connectivity index (χ1v) is 4.53. The van der Waals surface area contributed by atoms with Crippen LogP contribution in [0, 0.1) is 0 Å². The van der Waals surface area contributed by atoms with Crippen molar-refractivity contribution in [3.63, 3.8) is 0 Å². The number of hydrogen-bond acceptors (Lipinski definition) is 1. The minimum Gasteiger partial charge on any atom is -0.377 e. The van der Waals surface area contributed by atoms with Crippen molar-refractivity contribution in [1.29, 1.82) is 0 Å². The second kappa shape index (κ2) is 3.88. The molecule has 1 unspecified atom stereocenters. The van der Waals surface area contributed by atoms with Gasteiger partial charge in [-0.1, -0.05) is 0 Å². The van der Waals surface area contributed by atoms with E-state index in [0.29, 0.717) is 13.0 Å². The Kier molecular flexibility index (Phi) is 3.19. The molecule has 0 aliphatic carbocycles. The molecule has 5 heteroatoms. The van der Waals surface area contributed by atoms with Crippen LogP contribution in [0.2, 0.25) is 0 Å². The maximum Gasteiger partial charge on any atom is 0.395 e. The molecule has 1 rings (SSSR count). The monoisotopic (exact) mass is 210 g/mol. The Morgan fingerprint density at radius 3 is 2.50 bits per heavy atom. The lowest BCUT2D eigenvalue weighted by molar-refractivity contribution is -0.590. The van der Waals surface area contributed by atoms with Gasteiger partial charge in [-0.3, -0.25) is 0 Å². The van der Waals surface area contributed by atoms with E-state index in [-0.39, 0.29) is 6.61 Å². The van der Waals surface area contributed by atoms with E-state index >= 15 is 0 Å². The van der Waals surface area contributed by atoms with Crippen LogP contribution in [0.4, 0.5) is 13.2 Å². The predicted octanol–water partition coefficient (Wildman–Crippen LogP) is 1.83. The molecule has 0 aromatic rings. The zero-order valence-corrected chi connectivity index (χ0v) is 8.23. The third-order valence-electron chi connectivity index (χ3n) is 2.68. The summed E-state index contributed by atoms with van der Waals surface area (Å²) in [5, 5.41) is 0. The van der Waals surface area contributed by atoms with Crippen molar-refractivity contribution in [2.75, 3.05) is 20.3 Å². The van der Waals surface area contributed by atoms with Crippen LogP contribution in [0.25, 0.3) is 0 Å². The van der Waals surface area contributed by atoms with E-state index in [0.717, 1.165) is 6.42 Å². The number of rotatable bonds is 3. The zero-order valence-electron chi connectivity index (χ0n) is 8.23. The lowest BCUT2D eigenvalue weighted by atomic mass is 9.93. The third kappa shape index (κ3) is 2.47. The molecule has 1 fully saturated rings. The van der Waals surface area contributed by atoms with Crippen LogP contribution in [0.15, 0.2) is 0 Å². The molecule has 0 amide bonds. The predicted molar refractivity (Wildman–Crippen MR) is 46.8 cm³/mol. The molecular weight excluding hydrogens is 195 g/mol. The molecule has 0 bridgehead atoms. The number of ether oxygens (including phenoxy) is 1. The lowest BCUT2D eigenvalue weighted by Gasteiger charge is -2.24. The summed E-state index contributed by atoms with van der Waals surface area (Å²) in [5.74, 6) is 0. The van der Waals surface area contributed by atoms with Crippen LogP contribution >= 0.6 is 0 Å². The van der Waals surface area contributed by atoms with Gasteiger partial charge in [-0.2, -0.15) is 13.2 Å². The SMILES string of the molecule is C=[N+]1CCCC1(COC)CC(F)(F)F. The molecule has 0 spiro atoms. The van der Waals surface area contributed by atoms with Gasteiger partial charge in [-0.15, -0.1) is 0 Å². The Morgan fingerprint density at radius 2 is 2.14 bits per heavy atom. The second-order valence-corrected chi connectivity index (χ2v) is 3.82. The standard InChI is InChI=1S/C9H15F3NO/c1-13-5-3-4-8(13,7-14-2)6-9(10,11)12/h1,3-7H2,2H3/q+1. The highest BCUT2D eigenvalue weighted by molar-refractivity contribution is 5.16. The summed E-state index contributed by atoms with van der Waals surface area (Å²) in [5.41, 5.74) is -0.938. The van der Waals surface area contributed by atoms with Crippen molar-refractivity contribution in [1.82, 2.24) is 0 Å². The molecule has 0 aromatic heterocycles. The fourth-order valence-corrected chi connectivity index (χ4v) is 2.05. The van der Waals surface area contributed by atoms with Gasteiger partial charge in [0, 0.05) is 20.0 Å². The Morgan fingerprint density at radius 1 is 1.50 bits per heavy atom. The molecular formula is C9H15F3NO+. The average molecular weight is 210 g/mol. The summed E-state index contributed by atoms with van der Waals surface area (Å²) < 4.78 is 43.4. The van der Waals surface area contributed by atoms with Gasteiger partial charge in [0.1, 0.15) is 26.3 Å². The van der Waals surface area contributed by atoms with E-state index in [2.05, 4.69) is 6.72 Å². The van der Waals surface area contributed by atoms with Gasteiger partial charge >= 0.3 is 6.18 Å². The van der Waals surface area contributed by atoms with Crippen LogP contribution in [0.5, 0.6) is 0 Å². The molecule has 2 nitrogen and oxygen atoms in total. The molecule has 1 atom stereocenters. The molecule has 0 radical (unpaired) electrons. The maximum absolute atomic E-state index is 12.3. The third-order valence-corrected chi connectivity index (χ3v) is 2.68. The van der Waals surface area contributed by atoms with Crippen LogP contribution < -0.4 is 0 Å². The molecule has 1 saturated heterocycles. The summed E-state index contributed by atoms with van der Waals surface area (Å²) in [6, 6.07) is 0. The highest BCUT2D eigenvalue weighted by Crippen LogP contribution is 2.36. The van der Waals surface area contributed by atoms with E-state index < -0.39 is 18.1 Å². The quantitative estimate of drug-likeness (QED) is 0.647. The van der Waals surface area contributed by atoms with E-state index in [9.17, 15) is 13.2 Å². The molecule has 1 aliphatic rings. The Hall–Kier alpha value is -0.580. The number of nitrogens with zero attached hydrogens (tertiary/aromatic N) is 1. The van der Waals surface area contributed by atoms with Crippen LogP contribution in [0.1, 0.15) is 19.3 Å². The van der Waals surface area contributed by atoms with Gasteiger partial charge in [-0.05, 0) is 0 Å². The summed E-state index contributed by atoms with van der Waals surface area (Å²) in [6.07, 6.45) is -3.73. The Labute approximate surface area is 81.4 Å². The van der Waals surface area contributed by atoms with Crippen molar-refractivity contribution in [2.45, 2.75) is 31.0 Å². The van der Waals surface area contributed by atoms with Gasteiger partial charge in [0.05, 0.1) is 0 Å². The molecule has 1 heterocycles. The Bertz CT molecular complexity index is 227.